The second kappa shape index (κ2) is 5.58. The van der Waals surface area contributed by atoms with Crippen molar-refractivity contribution in [3.63, 3.8) is 0 Å². The van der Waals surface area contributed by atoms with Gasteiger partial charge in [-0.2, -0.15) is 0 Å². The van der Waals surface area contributed by atoms with Crippen LogP contribution < -0.4 is 10.6 Å². The van der Waals surface area contributed by atoms with E-state index in [1.807, 2.05) is 20.8 Å². The van der Waals surface area contributed by atoms with E-state index >= 15 is 0 Å². The van der Waals surface area contributed by atoms with Crippen LogP contribution in [0.1, 0.15) is 18.1 Å². The van der Waals surface area contributed by atoms with Crippen LogP contribution >= 0.6 is 0 Å². The van der Waals surface area contributed by atoms with Gasteiger partial charge in [-0.1, -0.05) is 6.92 Å². The molecule has 1 fully saturated rings. The van der Waals surface area contributed by atoms with E-state index in [1.165, 1.54) is 6.07 Å². The maximum absolute atomic E-state index is 12.2. The lowest BCUT2D eigenvalue weighted by Crippen LogP contribution is -2.28. The third-order valence-electron chi connectivity index (χ3n) is 3.92. The van der Waals surface area contributed by atoms with E-state index in [1.54, 1.807) is 6.07 Å². The van der Waals surface area contributed by atoms with Crippen LogP contribution in [0, 0.1) is 35.8 Å². The lowest BCUT2D eigenvalue weighted by atomic mass is 9.97. The van der Waals surface area contributed by atoms with E-state index in [-0.39, 0.29) is 29.1 Å². The molecule has 0 spiro atoms. The Labute approximate surface area is 117 Å². The number of nitro benzene ring substituents is 1. The van der Waals surface area contributed by atoms with Gasteiger partial charge in [-0.3, -0.25) is 14.9 Å². The number of carbonyl (C=O) groups is 1. The first kappa shape index (κ1) is 14.5. The Morgan fingerprint density at radius 1 is 1.35 bits per heavy atom. The molecule has 1 aliphatic heterocycles. The summed E-state index contributed by atoms with van der Waals surface area (Å²) in [6.45, 7) is 7.10. The standard InChI is InChI=1S/C14H19N3O3/c1-8-4-12(13(17(19)20)5-9(8)2)16-14(18)11-7-15-6-10(11)3/h4-5,10-11,15H,6-7H2,1-3H3,(H,16,18). The molecule has 2 rings (SSSR count). The van der Waals surface area contributed by atoms with Gasteiger partial charge >= 0.3 is 0 Å². The van der Waals surface area contributed by atoms with Crippen molar-refractivity contribution < 1.29 is 9.72 Å². The lowest BCUT2D eigenvalue weighted by Gasteiger charge is -2.15. The fourth-order valence-corrected chi connectivity index (χ4v) is 2.44. The zero-order valence-electron chi connectivity index (χ0n) is 11.9. The first-order valence-electron chi connectivity index (χ1n) is 6.67. The highest BCUT2D eigenvalue weighted by atomic mass is 16.6. The molecule has 2 unspecified atom stereocenters. The average molecular weight is 277 g/mol. The predicted molar refractivity (Wildman–Crippen MR) is 76.7 cm³/mol. The van der Waals surface area contributed by atoms with Gasteiger partial charge in [-0.25, -0.2) is 0 Å². The molecule has 20 heavy (non-hydrogen) atoms. The summed E-state index contributed by atoms with van der Waals surface area (Å²) in [5.41, 5.74) is 1.98. The molecule has 1 aromatic rings. The molecular weight excluding hydrogens is 258 g/mol. The fourth-order valence-electron chi connectivity index (χ4n) is 2.44. The van der Waals surface area contributed by atoms with Gasteiger partial charge in [-0.15, -0.1) is 0 Å². The smallest absolute Gasteiger partial charge is 0.293 e. The quantitative estimate of drug-likeness (QED) is 0.654. The minimum Gasteiger partial charge on any atom is -0.320 e. The number of hydrogen-bond donors (Lipinski definition) is 2. The molecule has 2 atom stereocenters. The van der Waals surface area contributed by atoms with Gasteiger partial charge in [0.25, 0.3) is 5.69 Å². The number of nitro groups is 1. The zero-order chi connectivity index (χ0) is 14.9. The van der Waals surface area contributed by atoms with Crippen molar-refractivity contribution in [3.05, 3.63) is 33.4 Å². The number of benzene rings is 1. The minimum atomic E-state index is -0.460. The molecule has 0 aromatic heterocycles. The van der Waals surface area contributed by atoms with Crippen LogP contribution in [-0.2, 0) is 4.79 Å². The maximum Gasteiger partial charge on any atom is 0.293 e. The van der Waals surface area contributed by atoms with E-state index < -0.39 is 4.92 Å². The number of nitrogens with one attached hydrogen (secondary N) is 2. The van der Waals surface area contributed by atoms with Gasteiger partial charge < -0.3 is 10.6 Å². The third kappa shape index (κ3) is 2.80. The Morgan fingerprint density at radius 3 is 2.55 bits per heavy atom. The Bertz CT molecular complexity index is 557. The highest BCUT2D eigenvalue weighted by Gasteiger charge is 2.30. The average Bonchev–Trinajstić information content (AvgIpc) is 2.79. The molecule has 0 radical (unpaired) electrons. The molecule has 1 amide bonds. The predicted octanol–water partition coefficient (Wildman–Crippen LogP) is 2.01. The van der Waals surface area contributed by atoms with Gasteiger partial charge in [0, 0.05) is 12.6 Å². The van der Waals surface area contributed by atoms with Crippen molar-refractivity contribution in [2.75, 3.05) is 18.4 Å². The number of hydrogen-bond acceptors (Lipinski definition) is 4. The number of nitrogens with zero attached hydrogens (tertiary/aromatic N) is 1. The van der Waals surface area contributed by atoms with Gasteiger partial charge in [0.15, 0.2) is 0 Å². The molecule has 0 saturated carbocycles. The van der Waals surface area contributed by atoms with Crippen molar-refractivity contribution in [1.82, 2.24) is 5.32 Å². The van der Waals surface area contributed by atoms with E-state index in [2.05, 4.69) is 10.6 Å². The molecule has 1 saturated heterocycles. The highest BCUT2D eigenvalue weighted by molar-refractivity contribution is 5.95. The van der Waals surface area contributed by atoms with Crippen LogP contribution in [-0.4, -0.2) is 23.9 Å². The number of aryl methyl sites for hydroxylation is 2. The molecule has 6 heteroatoms. The molecule has 0 aliphatic carbocycles. The SMILES string of the molecule is Cc1cc(NC(=O)C2CNCC2C)c([N+](=O)[O-])cc1C. The molecule has 1 aliphatic rings. The van der Waals surface area contributed by atoms with E-state index in [0.29, 0.717) is 6.54 Å². The van der Waals surface area contributed by atoms with Crippen LogP contribution in [0.25, 0.3) is 0 Å². The van der Waals surface area contributed by atoms with Gasteiger partial charge in [0.1, 0.15) is 5.69 Å². The zero-order valence-corrected chi connectivity index (χ0v) is 11.9. The highest BCUT2D eigenvalue weighted by Crippen LogP contribution is 2.29. The Kier molecular flexibility index (Phi) is 4.04. The van der Waals surface area contributed by atoms with Crippen molar-refractivity contribution >= 4 is 17.3 Å². The molecule has 1 aromatic carbocycles. The lowest BCUT2D eigenvalue weighted by molar-refractivity contribution is -0.384. The second-order valence-electron chi connectivity index (χ2n) is 5.44. The van der Waals surface area contributed by atoms with Crippen molar-refractivity contribution in [3.8, 4) is 0 Å². The fraction of sp³-hybridized carbons (Fsp3) is 0.500. The monoisotopic (exact) mass is 277 g/mol. The second-order valence-corrected chi connectivity index (χ2v) is 5.44. The topological polar surface area (TPSA) is 84.3 Å². The Hall–Kier alpha value is -1.95. The number of carbonyl (C=O) groups excluding carboxylic acids is 1. The summed E-state index contributed by atoms with van der Waals surface area (Å²) < 4.78 is 0. The summed E-state index contributed by atoms with van der Waals surface area (Å²) >= 11 is 0. The van der Waals surface area contributed by atoms with Gasteiger partial charge in [0.05, 0.1) is 10.8 Å². The normalized spacial score (nSPS) is 21.8. The van der Waals surface area contributed by atoms with E-state index in [0.717, 1.165) is 17.7 Å². The van der Waals surface area contributed by atoms with Crippen LogP contribution in [0.4, 0.5) is 11.4 Å². The Morgan fingerprint density at radius 2 is 2.00 bits per heavy atom. The van der Waals surface area contributed by atoms with Crippen molar-refractivity contribution in [1.29, 1.82) is 0 Å². The van der Waals surface area contributed by atoms with Gasteiger partial charge in [-0.05, 0) is 43.5 Å². The molecular formula is C14H19N3O3. The summed E-state index contributed by atoms with van der Waals surface area (Å²) in [5.74, 6) is -0.0642. The van der Waals surface area contributed by atoms with Crippen molar-refractivity contribution in [2.45, 2.75) is 20.8 Å². The molecule has 2 N–H and O–H groups in total. The molecule has 6 nitrogen and oxygen atoms in total. The summed E-state index contributed by atoms with van der Waals surface area (Å²) in [4.78, 5) is 22.9. The van der Waals surface area contributed by atoms with Crippen LogP contribution in [0.15, 0.2) is 12.1 Å². The Balaban J connectivity index is 2.26. The molecule has 108 valence electrons. The maximum atomic E-state index is 12.2. The van der Waals surface area contributed by atoms with Crippen LogP contribution in [0.2, 0.25) is 0 Å². The first-order valence-corrected chi connectivity index (χ1v) is 6.67. The first-order chi connectivity index (χ1) is 9.40. The molecule has 0 bridgehead atoms. The number of amides is 1. The number of anilines is 1. The summed E-state index contributed by atoms with van der Waals surface area (Å²) in [6.07, 6.45) is 0. The summed E-state index contributed by atoms with van der Waals surface area (Å²) in [7, 11) is 0. The summed E-state index contributed by atoms with van der Waals surface area (Å²) in [5, 5.41) is 17.0. The van der Waals surface area contributed by atoms with Gasteiger partial charge in [0.2, 0.25) is 5.91 Å². The molecule has 1 heterocycles. The van der Waals surface area contributed by atoms with Crippen molar-refractivity contribution in [2.24, 2.45) is 11.8 Å². The number of rotatable bonds is 3. The van der Waals surface area contributed by atoms with Crippen LogP contribution in [0.5, 0.6) is 0 Å². The van der Waals surface area contributed by atoms with Crippen LogP contribution in [0.3, 0.4) is 0 Å². The minimum absolute atomic E-state index is 0.0555. The third-order valence-corrected chi connectivity index (χ3v) is 3.92. The van der Waals surface area contributed by atoms with E-state index in [9.17, 15) is 14.9 Å². The van der Waals surface area contributed by atoms with E-state index in [4.69, 9.17) is 0 Å². The largest absolute Gasteiger partial charge is 0.320 e. The summed E-state index contributed by atoms with van der Waals surface area (Å²) in [6, 6.07) is 3.17.